The number of nitrogens with one attached hydrogen (secondary N) is 1. The predicted octanol–water partition coefficient (Wildman–Crippen LogP) is 1.11. The maximum absolute atomic E-state index is 12.4. The van der Waals surface area contributed by atoms with E-state index in [9.17, 15) is 9.59 Å². The van der Waals surface area contributed by atoms with Crippen LogP contribution in [-0.2, 0) is 24.3 Å². The van der Waals surface area contributed by atoms with E-state index >= 15 is 0 Å². The van der Waals surface area contributed by atoms with Crippen molar-refractivity contribution in [2.45, 2.75) is 38.4 Å². The lowest BCUT2D eigenvalue weighted by molar-refractivity contribution is -0.122. The fourth-order valence-corrected chi connectivity index (χ4v) is 3.27. The molecule has 1 N–H and O–H groups in total. The summed E-state index contributed by atoms with van der Waals surface area (Å²) in [5, 5.41) is 3.63. The zero-order chi connectivity index (χ0) is 17.2. The number of hydrogen-bond acceptors (Lipinski definition) is 4. The minimum Gasteiger partial charge on any atom is -0.352 e. The first-order chi connectivity index (χ1) is 12.2. The van der Waals surface area contributed by atoms with Crippen molar-refractivity contribution < 1.29 is 4.79 Å². The fourth-order valence-electron chi connectivity index (χ4n) is 3.27. The van der Waals surface area contributed by atoms with Gasteiger partial charge in [0.15, 0.2) is 0 Å². The molecule has 128 valence electrons. The fraction of sp³-hybridized carbons (Fsp3) is 0.333. The van der Waals surface area contributed by atoms with Crippen molar-refractivity contribution in [2.24, 2.45) is 0 Å². The van der Waals surface area contributed by atoms with Gasteiger partial charge < -0.3 is 9.88 Å². The first-order valence-electron chi connectivity index (χ1n) is 8.44. The second-order valence-corrected chi connectivity index (χ2v) is 6.31. The Morgan fingerprint density at radius 1 is 1.28 bits per heavy atom. The van der Waals surface area contributed by atoms with Crippen LogP contribution in [0.5, 0.6) is 0 Å². The summed E-state index contributed by atoms with van der Waals surface area (Å²) in [5.41, 5.74) is 0.561. The molecule has 1 atom stereocenters. The summed E-state index contributed by atoms with van der Waals surface area (Å²) in [6, 6.07) is 7.34. The third-order valence-electron chi connectivity index (χ3n) is 4.61. The van der Waals surface area contributed by atoms with Crippen LogP contribution in [0.4, 0.5) is 0 Å². The van der Waals surface area contributed by atoms with Gasteiger partial charge in [-0.25, -0.2) is 9.97 Å². The van der Waals surface area contributed by atoms with Gasteiger partial charge in [-0.3, -0.25) is 14.2 Å². The second kappa shape index (κ2) is 6.51. The van der Waals surface area contributed by atoms with E-state index in [0.29, 0.717) is 17.4 Å². The molecule has 1 aromatic carbocycles. The quantitative estimate of drug-likeness (QED) is 0.773. The van der Waals surface area contributed by atoms with Crippen LogP contribution in [0.15, 0.2) is 47.8 Å². The SMILES string of the molecule is O=C(CCn1cnc2ccccc2c1=O)N[C@@H]1CCc2nccn2C1. The lowest BCUT2D eigenvalue weighted by atomic mass is 10.1. The summed E-state index contributed by atoms with van der Waals surface area (Å²) in [6.45, 7) is 1.07. The van der Waals surface area contributed by atoms with Crippen molar-refractivity contribution in [3.63, 3.8) is 0 Å². The van der Waals surface area contributed by atoms with Crippen LogP contribution in [-0.4, -0.2) is 31.1 Å². The second-order valence-electron chi connectivity index (χ2n) is 6.31. The minimum absolute atomic E-state index is 0.0476. The van der Waals surface area contributed by atoms with Crippen LogP contribution in [0.3, 0.4) is 0 Å². The van der Waals surface area contributed by atoms with Gasteiger partial charge in [0.25, 0.3) is 5.56 Å². The predicted molar refractivity (Wildman–Crippen MR) is 93.1 cm³/mol. The highest BCUT2D eigenvalue weighted by molar-refractivity contribution is 5.77. The number of imidazole rings is 1. The van der Waals surface area contributed by atoms with Gasteiger partial charge in [-0.05, 0) is 18.6 Å². The van der Waals surface area contributed by atoms with E-state index in [1.54, 1.807) is 18.3 Å². The normalized spacial score (nSPS) is 16.6. The largest absolute Gasteiger partial charge is 0.352 e. The Bertz CT molecular complexity index is 975. The van der Waals surface area contributed by atoms with E-state index < -0.39 is 0 Å². The van der Waals surface area contributed by atoms with Crippen LogP contribution in [0.1, 0.15) is 18.7 Å². The Balaban J connectivity index is 1.38. The van der Waals surface area contributed by atoms with Crippen molar-refractivity contribution in [1.82, 2.24) is 24.4 Å². The molecule has 0 aliphatic carbocycles. The number of benzene rings is 1. The first-order valence-corrected chi connectivity index (χ1v) is 8.44. The van der Waals surface area contributed by atoms with Gasteiger partial charge >= 0.3 is 0 Å². The number of hydrogen-bond donors (Lipinski definition) is 1. The Labute approximate surface area is 144 Å². The van der Waals surface area contributed by atoms with Gasteiger partial charge in [0.1, 0.15) is 5.82 Å². The molecule has 0 spiro atoms. The number of carbonyl (C=O) groups is 1. The lowest BCUT2D eigenvalue weighted by Crippen LogP contribution is -2.41. The first kappa shape index (κ1) is 15.6. The Morgan fingerprint density at radius 2 is 2.16 bits per heavy atom. The summed E-state index contributed by atoms with van der Waals surface area (Å²) in [6.07, 6.45) is 7.25. The van der Waals surface area contributed by atoms with E-state index in [2.05, 4.69) is 19.9 Å². The lowest BCUT2D eigenvalue weighted by Gasteiger charge is -2.24. The maximum Gasteiger partial charge on any atom is 0.261 e. The number of para-hydroxylation sites is 1. The molecule has 3 heterocycles. The highest BCUT2D eigenvalue weighted by Crippen LogP contribution is 2.13. The van der Waals surface area contributed by atoms with E-state index in [1.165, 1.54) is 10.9 Å². The monoisotopic (exact) mass is 337 g/mol. The third kappa shape index (κ3) is 3.17. The highest BCUT2D eigenvalue weighted by atomic mass is 16.2. The Kier molecular flexibility index (Phi) is 4.05. The molecule has 25 heavy (non-hydrogen) atoms. The van der Waals surface area contributed by atoms with Crippen molar-refractivity contribution >= 4 is 16.8 Å². The molecule has 1 aliphatic heterocycles. The molecule has 7 nitrogen and oxygen atoms in total. The molecule has 0 radical (unpaired) electrons. The molecule has 2 aromatic heterocycles. The van der Waals surface area contributed by atoms with Crippen molar-refractivity contribution in [2.75, 3.05) is 0 Å². The van der Waals surface area contributed by atoms with Gasteiger partial charge in [-0.1, -0.05) is 12.1 Å². The Hall–Kier alpha value is -2.96. The van der Waals surface area contributed by atoms with Crippen LogP contribution < -0.4 is 10.9 Å². The summed E-state index contributed by atoms with van der Waals surface area (Å²) in [7, 11) is 0. The average molecular weight is 337 g/mol. The molecule has 0 unspecified atom stereocenters. The van der Waals surface area contributed by atoms with E-state index in [4.69, 9.17) is 0 Å². The number of aromatic nitrogens is 4. The zero-order valence-corrected chi connectivity index (χ0v) is 13.8. The van der Waals surface area contributed by atoms with Crippen LogP contribution in [0, 0.1) is 0 Å². The molecule has 1 aliphatic rings. The smallest absolute Gasteiger partial charge is 0.261 e. The number of fused-ring (bicyclic) bond motifs is 2. The van der Waals surface area contributed by atoms with Gasteiger partial charge in [-0.15, -0.1) is 0 Å². The van der Waals surface area contributed by atoms with E-state index in [1.807, 2.05) is 18.3 Å². The molecule has 0 saturated carbocycles. The van der Waals surface area contributed by atoms with Crippen molar-refractivity contribution in [1.29, 1.82) is 0 Å². The molecule has 7 heteroatoms. The summed E-state index contributed by atoms with van der Waals surface area (Å²) in [5.74, 6) is 1.02. The zero-order valence-electron chi connectivity index (χ0n) is 13.8. The summed E-state index contributed by atoms with van der Waals surface area (Å²) < 4.78 is 3.57. The van der Waals surface area contributed by atoms with Gasteiger partial charge in [0.05, 0.1) is 17.2 Å². The van der Waals surface area contributed by atoms with E-state index in [0.717, 1.165) is 25.2 Å². The number of aryl methyl sites for hydroxylation is 2. The Morgan fingerprint density at radius 3 is 3.08 bits per heavy atom. The topological polar surface area (TPSA) is 81.8 Å². The minimum atomic E-state index is -0.112. The molecule has 1 amide bonds. The standard InChI is InChI=1S/C18H19N5O2/c24-17(21-13-5-6-16-19-8-10-22(16)11-13)7-9-23-12-20-15-4-2-1-3-14(15)18(23)25/h1-4,8,10,12-13H,5-7,9,11H2,(H,21,24)/t13-/m1/s1. The summed E-state index contributed by atoms with van der Waals surface area (Å²) >= 11 is 0. The van der Waals surface area contributed by atoms with Crippen LogP contribution in [0.25, 0.3) is 10.9 Å². The molecular weight excluding hydrogens is 318 g/mol. The molecule has 0 fully saturated rings. The molecule has 0 bridgehead atoms. The summed E-state index contributed by atoms with van der Waals surface area (Å²) in [4.78, 5) is 33.2. The molecule has 3 aromatic rings. The molecule has 0 saturated heterocycles. The van der Waals surface area contributed by atoms with Gasteiger partial charge in [0.2, 0.25) is 5.91 Å². The molecular formula is C18H19N5O2. The third-order valence-corrected chi connectivity index (χ3v) is 4.61. The maximum atomic E-state index is 12.4. The van der Waals surface area contributed by atoms with Crippen LogP contribution >= 0.6 is 0 Å². The van der Waals surface area contributed by atoms with Crippen molar-refractivity contribution in [3.05, 3.63) is 59.2 Å². The van der Waals surface area contributed by atoms with Gasteiger partial charge in [-0.2, -0.15) is 0 Å². The highest BCUT2D eigenvalue weighted by Gasteiger charge is 2.20. The molecule has 4 rings (SSSR count). The van der Waals surface area contributed by atoms with Gasteiger partial charge in [0, 0.05) is 44.4 Å². The van der Waals surface area contributed by atoms with Crippen LogP contribution in [0.2, 0.25) is 0 Å². The van der Waals surface area contributed by atoms with E-state index in [-0.39, 0.29) is 23.9 Å². The number of nitrogens with zero attached hydrogens (tertiary/aromatic N) is 4. The average Bonchev–Trinajstić information content (AvgIpc) is 3.09. The number of carbonyl (C=O) groups excluding carboxylic acids is 1. The number of amides is 1. The number of rotatable bonds is 4. The van der Waals surface area contributed by atoms with Crippen molar-refractivity contribution in [3.8, 4) is 0 Å².